The van der Waals surface area contributed by atoms with Crippen molar-refractivity contribution in [3.8, 4) is 17.2 Å². The molecule has 0 aliphatic carbocycles. The van der Waals surface area contributed by atoms with Gasteiger partial charge in [0.15, 0.2) is 11.5 Å². The zero-order chi connectivity index (χ0) is 18.4. The topological polar surface area (TPSA) is 79.8 Å². The number of aryl methyl sites for hydroxylation is 1. The van der Waals surface area contributed by atoms with Gasteiger partial charge in [-0.25, -0.2) is 4.79 Å². The molecule has 0 saturated heterocycles. The lowest BCUT2D eigenvalue weighted by atomic mass is 10.2. The number of methoxy groups -OCH3 is 1. The zero-order valence-electron chi connectivity index (χ0n) is 14.9. The monoisotopic (exact) mass is 344 g/mol. The van der Waals surface area contributed by atoms with Crippen LogP contribution in [0.15, 0.2) is 36.4 Å². The molecule has 0 atom stereocenters. The molecule has 2 aromatic carbocycles. The van der Waals surface area contributed by atoms with E-state index in [0.29, 0.717) is 17.0 Å². The van der Waals surface area contributed by atoms with Crippen LogP contribution < -0.4 is 20.1 Å². The second-order valence-electron chi connectivity index (χ2n) is 5.92. The minimum absolute atomic E-state index is 0.0247. The number of benzene rings is 2. The summed E-state index contributed by atoms with van der Waals surface area (Å²) in [6.45, 7) is 6.00. The van der Waals surface area contributed by atoms with E-state index < -0.39 is 0 Å². The first-order valence-electron chi connectivity index (χ1n) is 8.07. The summed E-state index contributed by atoms with van der Waals surface area (Å²) in [5.74, 6) is 1.16. The van der Waals surface area contributed by atoms with E-state index in [1.54, 1.807) is 24.3 Å². The fourth-order valence-electron chi connectivity index (χ4n) is 2.34. The van der Waals surface area contributed by atoms with E-state index in [1.165, 1.54) is 7.11 Å². The van der Waals surface area contributed by atoms with Crippen molar-refractivity contribution < 1.29 is 19.4 Å². The third-order valence-corrected chi connectivity index (χ3v) is 3.56. The second-order valence-corrected chi connectivity index (χ2v) is 5.92. The molecule has 0 aliphatic rings. The molecule has 0 radical (unpaired) electrons. The predicted octanol–water partition coefficient (Wildman–Crippen LogP) is 3.82. The summed E-state index contributed by atoms with van der Waals surface area (Å²) in [6, 6.07) is 10.3. The standard InChI is InChI=1S/C19H24N2O4/c1-12(2)25-15-8-9-16(13(3)10-15)21-19(23)20-11-14-6-5-7-17(24-4)18(14)22/h5-10,12,22H,11H2,1-4H3,(H2,20,21,23). The number of ether oxygens (including phenoxy) is 2. The molecule has 0 fully saturated rings. The number of carbonyl (C=O) groups excluding carboxylic acids is 1. The molecule has 0 unspecified atom stereocenters. The molecule has 0 aromatic heterocycles. The van der Waals surface area contributed by atoms with Crippen LogP contribution in [0.5, 0.6) is 17.2 Å². The third-order valence-electron chi connectivity index (χ3n) is 3.56. The fourth-order valence-corrected chi connectivity index (χ4v) is 2.34. The molecule has 0 aliphatic heterocycles. The number of nitrogens with one attached hydrogen (secondary N) is 2. The Kier molecular flexibility index (Phi) is 6.11. The van der Waals surface area contributed by atoms with E-state index in [1.807, 2.05) is 32.9 Å². The van der Waals surface area contributed by atoms with Gasteiger partial charge in [0.2, 0.25) is 0 Å². The van der Waals surface area contributed by atoms with Crippen LogP contribution in [0.1, 0.15) is 25.0 Å². The molecule has 2 amide bonds. The average molecular weight is 344 g/mol. The molecule has 0 spiro atoms. The normalized spacial score (nSPS) is 10.4. The van der Waals surface area contributed by atoms with Crippen LogP contribution in [0.25, 0.3) is 0 Å². The van der Waals surface area contributed by atoms with Gasteiger partial charge in [0, 0.05) is 17.8 Å². The number of hydrogen-bond donors (Lipinski definition) is 3. The quantitative estimate of drug-likeness (QED) is 0.744. The molecule has 0 saturated carbocycles. The first kappa shape index (κ1) is 18.4. The summed E-state index contributed by atoms with van der Waals surface area (Å²) >= 11 is 0. The number of urea groups is 1. The van der Waals surface area contributed by atoms with Gasteiger partial charge in [0.1, 0.15) is 5.75 Å². The van der Waals surface area contributed by atoms with Gasteiger partial charge in [-0.2, -0.15) is 0 Å². The summed E-state index contributed by atoms with van der Waals surface area (Å²) < 4.78 is 10.7. The number of hydrogen-bond acceptors (Lipinski definition) is 4. The van der Waals surface area contributed by atoms with E-state index in [2.05, 4.69) is 10.6 Å². The van der Waals surface area contributed by atoms with Gasteiger partial charge in [-0.1, -0.05) is 12.1 Å². The van der Waals surface area contributed by atoms with Gasteiger partial charge in [0.25, 0.3) is 0 Å². The predicted molar refractivity (Wildman–Crippen MR) is 97.5 cm³/mol. The first-order valence-corrected chi connectivity index (χ1v) is 8.07. The number of anilines is 1. The third kappa shape index (κ3) is 5.04. The van der Waals surface area contributed by atoms with Crippen LogP contribution >= 0.6 is 0 Å². The van der Waals surface area contributed by atoms with E-state index in [4.69, 9.17) is 9.47 Å². The Bertz CT molecular complexity index is 744. The molecule has 0 heterocycles. The van der Waals surface area contributed by atoms with Crippen molar-refractivity contribution in [3.63, 3.8) is 0 Å². The lowest BCUT2D eigenvalue weighted by molar-refractivity contribution is 0.242. The highest BCUT2D eigenvalue weighted by Gasteiger charge is 2.10. The number of aromatic hydroxyl groups is 1. The Hall–Kier alpha value is -2.89. The van der Waals surface area contributed by atoms with E-state index in [0.717, 1.165) is 11.3 Å². The van der Waals surface area contributed by atoms with Gasteiger partial charge in [-0.15, -0.1) is 0 Å². The van der Waals surface area contributed by atoms with E-state index >= 15 is 0 Å². The van der Waals surface area contributed by atoms with Gasteiger partial charge >= 0.3 is 6.03 Å². The van der Waals surface area contributed by atoms with Crippen LogP contribution in [-0.2, 0) is 6.54 Å². The van der Waals surface area contributed by atoms with Gasteiger partial charge in [0.05, 0.1) is 13.2 Å². The van der Waals surface area contributed by atoms with Crippen LogP contribution in [0.4, 0.5) is 10.5 Å². The highest BCUT2D eigenvalue weighted by atomic mass is 16.5. The van der Waals surface area contributed by atoms with Crippen molar-refractivity contribution in [2.45, 2.75) is 33.4 Å². The second kappa shape index (κ2) is 8.28. The average Bonchev–Trinajstić information content (AvgIpc) is 2.56. The lowest BCUT2D eigenvalue weighted by Gasteiger charge is -2.14. The van der Waals surface area contributed by atoms with Crippen molar-refractivity contribution in [1.82, 2.24) is 5.32 Å². The van der Waals surface area contributed by atoms with Crippen LogP contribution in [0.2, 0.25) is 0 Å². The summed E-state index contributed by atoms with van der Waals surface area (Å²) in [7, 11) is 1.48. The Labute approximate surface area is 147 Å². The fraction of sp³-hybridized carbons (Fsp3) is 0.316. The summed E-state index contributed by atoms with van der Waals surface area (Å²) in [4.78, 5) is 12.1. The van der Waals surface area contributed by atoms with E-state index in [-0.39, 0.29) is 24.4 Å². The number of phenols is 1. The molecule has 6 heteroatoms. The van der Waals surface area contributed by atoms with Gasteiger partial charge in [-0.3, -0.25) is 0 Å². The molecule has 6 nitrogen and oxygen atoms in total. The highest BCUT2D eigenvalue weighted by Crippen LogP contribution is 2.29. The number of phenolic OH excluding ortho intramolecular Hbond substituents is 1. The minimum Gasteiger partial charge on any atom is -0.504 e. The van der Waals surface area contributed by atoms with Crippen LogP contribution in [0, 0.1) is 6.92 Å². The van der Waals surface area contributed by atoms with Crippen molar-refractivity contribution in [2.24, 2.45) is 0 Å². The van der Waals surface area contributed by atoms with Crippen LogP contribution in [0.3, 0.4) is 0 Å². The molecule has 25 heavy (non-hydrogen) atoms. The molecular formula is C19H24N2O4. The number of rotatable bonds is 6. The summed E-state index contributed by atoms with van der Waals surface area (Å²) in [6.07, 6.45) is 0.0945. The van der Waals surface area contributed by atoms with Crippen molar-refractivity contribution >= 4 is 11.7 Å². The number of para-hydroxylation sites is 1. The molecule has 134 valence electrons. The van der Waals surface area contributed by atoms with Gasteiger partial charge in [-0.05, 0) is 50.6 Å². The molecule has 2 rings (SSSR count). The highest BCUT2D eigenvalue weighted by molar-refractivity contribution is 5.90. The maximum Gasteiger partial charge on any atom is 0.319 e. The zero-order valence-corrected chi connectivity index (χ0v) is 14.9. The minimum atomic E-state index is -0.358. The van der Waals surface area contributed by atoms with Crippen molar-refractivity contribution in [3.05, 3.63) is 47.5 Å². The van der Waals surface area contributed by atoms with Crippen molar-refractivity contribution in [1.29, 1.82) is 0 Å². The Morgan fingerprint density at radius 2 is 2.00 bits per heavy atom. The largest absolute Gasteiger partial charge is 0.504 e. The maximum absolute atomic E-state index is 12.1. The molecule has 3 N–H and O–H groups in total. The Morgan fingerprint density at radius 1 is 1.24 bits per heavy atom. The van der Waals surface area contributed by atoms with Gasteiger partial charge < -0.3 is 25.2 Å². The summed E-state index contributed by atoms with van der Waals surface area (Å²) in [5.41, 5.74) is 2.17. The Morgan fingerprint density at radius 3 is 2.64 bits per heavy atom. The van der Waals surface area contributed by atoms with E-state index in [9.17, 15) is 9.90 Å². The smallest absolute Gasteiger partial charge is 0.319 e. The molecule has 2 aromatic rings. The number of amides is 2. The Balaban J connectivity index is 1.97. The van der Waals surface area contributed by atoms with Crippen molar-refractivity contribution in [2.75, 3.05) is 12.4 Å². The molecular weight excluding hydrogens is 320 g/mol. The summed E-state index contributed by atoms with van der Waals surface area (Å²) in [5, 5.41) is 15.5. The lowest BCUT2D eigenvalue weighted by Crippen LogP contribution is -2.28. The van der Waals surface area contributed by atoms with Crippen LogP contribution in [-0.4, -0.2) is 24.4 Å². The SMILES string of the molecule is COc1cccc(CNC(=O)Nc2ccc(OC(C)C)cc2C)c1O. The first-order chi connectivity index (χ1) is 11.9. The number of carbonyl (C=O) groups is 1. The maximum atomic E-state index is 12.1. The molecule has 0 bridgehead atoms.